The molecule has 0 aromatic heterocycles. The molecule has 0 saturated heterocycles. The van der Waals surface area contributed by atoms with Gasteiger partial charge in [-0.05, 0) is 31.8 Å². The van der Waals surface area contributed by atoms with E-state index in [0.29, 0.717) is 13.1 Å². The van der Waals surface area contributed by atoms with Crippen LogP contribution in [0.15, 0.2) is 53.5 Å². The number of fused-ring (bicyclic) bond motifs is 1. The molecular weight excluding hydrogens is 342 g/mol. The smallest absolute Gasteiger partial charge is 0.269 e. The highest BCUT2D eigenvalue weighted by Crippen LogP contribution is 2.32. The maximum atomic E-state index is 11.1. The molecule has 0 saturated carbocycles. The van der Waals surface area contributed by atoms with Gasteiger partial charge in [-0.3, -0.25) is 15.0 Å². The number of para-hydroxylation sites is 1. The molecule has 0 amide bonds. The zero-order valence-electron chi connectivity index (χ0n) is 15.8. The Labute approximate surface area is 159 Å². The lowest BCUT2D eigenvalue weighted by Crippen LogP contribution is -2.42. The molecule has 1 N–H and O–H groups in total. The third-order valence-corrected chi connectivity index (χ3v) is 4.56. The molecule has 27 heavy (non-hydrogen) atoms. The standard InChI is InChI=1S/C20H25N5O2/c1-3-21-11-12-23(2)15-20-22-19-10-9-18(25(26)27)13-16(19)14-24(20)17-7-5-4-6-8-17/h4-10,13,21H,3,11-12,14-15H2,1-2H3. The first-order valence-corrected chi connectivity index (χ1v) is 9.15. The molecule has 1 heterocycles. The van der Waals surface area contributed by atoms with Crippen LogP contribution in [-0.2, 0) is 6.54 Å². The summed E-state index contributed by atoms with van der Waals surface area (Å²) >= 11 is 0. The number of likely N-dealkylation sites (N-methyl/N-ethyl adjacent to an activating group) is 2. The molecule has 0 atom stereocenters. The molecule has 1 aliphatic heterocycles. The highest BCUT2D eigenvalue weighted by atomic mass is 16.6. The van der Waals surface area contributed by atoms with Crippen LogP contribution in [0.2, 0.25) is 0 Å². The second kappa shape index (κ2) is 8.75. The average molecular weight is 367 g/mol. The van der Waals surface area contributed by atoms with E-state index >= 15 is 0 Å². The van der Waals surface area contributed by atoms with E-state index in [0.717, 1.165) is 42.4 Å². The Bertz CT molecular complexity index is 822. The quantitative estimate of drug-likeness (QED) is 0.441. The Morgan fingerprint density at radius 1 is 1.26 bits per heavy atom. The van der Waals surface area contributed by atoms with Gasteiger partial charge in [0.25, 0.3) is 5.69 Å². The number of non-ortho nitro benzene ring substituents is 1. The molecule has 0 fully saturated rings. The van der Waals surface area contributed by atoms with Gasteiger partial charge in [0, 0.05) is 36.5 Å². The van der Waals surface area contributed by atoms with Crippen LogP contribution in [0.25, 0.3) is 0 Å². The number of anilines is 1. The summed E-state index contributed by atoms with van der Waals surface area (Å²) in [6.45, 7) is 6.17. The molecule has 7 nitrogen and oxygen atoms in total. The minimum Gasteiger partial charge on any atom is -0.324 e. The van der Waals surface area contributed by atoms with Crippen molar-refractivity contribution in [1.82, 2.24) is 10.2 Å². The first-order valence-electron chi connectivity index (χ1n) is 9.15. The number of nitrogens with one attached hydrogen (secondary N) is 1. The van der Waals surface area contributed by atoms with Crippen molar-refractivity contribution in [3.05, 3.63) is 64.2 Å². The van der Waals surface area contributed by atoms with E-state index in [-0.39, 0.29) is 10.6 Å². The number of nitro groups is 1. The minimum absolute atomic E-state index is 0.100. The fourth-order valence-corrected chi connectivity index (χ4v) is 3.12. The fraction of sp³-hybridized carbons (Fsp3) is 0.350. The largest absolute Gasteiger partial charge is 0.324 e. The van der Waals surface area contributed by atoms with Crippen LogP contribution in [0.1, 0.15) is 12.5 Å². The van der Waals surface area contributed by atoms with Crippen LogP contribution in [0.3, 0.4) is 0 Å². The van der Waals surface area contributed by atoms with Gasteiger partial charge in [-0.1, -0.05) is 25.1 Å². The second-order valence-corrected chi connectivity index (χ2v) is 6.61. The molecule has 0 unspecified atom stereocenters. The van der Waals surface area contributed by atoms with Gasteiger partial charge in [-0.2, -0.15) is 0 Å². The number of aliphatic imine (C=N–C) groups is 1. The summed E-state index contributed by atoms with van der Waals surface area (Å²) in [6, 6.07) is 14.9. The van der Waals surface area contributed by atoms with Gasteiger partial charge < -0.3 is 10.2 Å². The van der Waals surface area contributed by atoms with Crippen molar-refractivity contribution in [3.63, 3.8) is 0 Å². The SMILES string of the molecule is CCNCCN(C)CC1=Nc2ccc([N+](=O)[O-])cc2CN1c1ccccc1. The maximum absolute atomic E-state index is 11.1. The van der Waals surface area contributed by atoms with Crippen molar-refractivity contribution in [2.45, 2.75) is 13.5 Å². The molecule has 0 bridgehead atoms. The maximum Gasteiger partial charge on any atom is 0.269 e. The normalized spacial score (nSPS) is 13.4. The van der Waals surface area contributed by atoms with E-state index in [9.17, 15) is 10.1 Å². The molecular formula is C20H25N5O2. The summed E-state index contributed by atoms with van der Waals surface area (Å²) in [4.78, 5) is 20.0. The molecule has 0 aliphatic carbocycles. The van der Waals surface area contributed by atoms with Gasteiger partial charge in [0.05, 0.1) is 23.7 Å². The topological polar surface area (TPSA) is 74.0 Å². The number of rotatable bonds is 8. The number of hydrogen-bond donors (Lipinski definition) is 1. The molecule has 2 aromatic rings. The molecule has 3 rings (SSSR count). The van der Waals surface area contributed by atoms with Gasteiger partial charge >= 0.3 is 0 Å². The molecule has 0 radical (unpaired) electrons. The van der Waals surface area contributed by atoms with Crippen molar-refractivity contribution in [2.24, 2.45) is 4.99 Å². The summed E-state index contributed by atoms with van der Waals surface area (Å²) in [5, 5.41) is 14.4. The summed E-state index contributed by atoms with van der Waals surface area (Å²) in [5.74, 6) is 0.946. The Kier molecular flexibility index (Phi) is 6.16. The lowest BCUT2D eigenvalue weighted by Gasteiger charge is -2.32. The van der Waals surface area contributed by atoms with Crippen LogP contribution >= 0.6 is 0 Å². The molecule has 7 heteroatoms. The summed E-state index contributed by atoms with van der Waals surface area (Å²) < 4.78 is 0. The molecule has 142 valence electrons. The van der Waals surface area contributed by atoms with Crippen LogP contribution in [-0.4, -0.2) is 48.9 Å². The van der Waals surface area contributed by atoms with E-state index < -0.39 is 0 Å². The van der Waals surface area contributed by atoms with Gasteiger partial charge in [-0.15, -0.1) is 0 Å². The van der Waals surface area contributed by atoms with Crippen molar-refractivity contribution < 1.29 is 4.92 Å². The number of nitrogens with zero attached hydrogens (tertiary/aromatic N) is 4. The molecule has 0 spiro atoms. The zero-order valence-corrected chi connectivity index (χ0v) is 15.8. The summed E-state index contributed by atoms with van der Waals surface area (Å²) in [6.07, 6.45) is 0. The average Bonchev–Trinajstić information content (AvgIpc) is 2.68. The van der Waals surface area contributed by atoms with Crippen LogP contribution < -0.4 is 10.2 Å². The van der Waals surface area contributed by atoms with Crippen LogP contribution in [0, 0.1) is 10.1 Å². The lowest BCUT2D eigenvalue weighted by atomic mass is 10.1. The first kappa shape index (κ1) is 19.0. The predicted octanol–water partition coefficient (Wildman–Crippen LogP) is 3.19. The number of hydrogen-bond acceptors (Lipinski definition) is 6. The van der Waals surface area contributed by atoms with E-state index in [4.69, 9.17) is 4.99 Å². The Hall–Kier alpha value is -2.77. The number of benzene rings is 2. The summed E-state index contributed by atoms with van der Waals surface area (Å²) in [7, 11) is 2.08. The van der Waals surface area contributed by atoms with Crippen molar-refractivity contribution in [2.75, 3.05) is 38.1 Å². The Morgan fingerprint density at radius 3 is 2.74 bits per heavy atom. The van der Waals surface area contributed by atoms with Gasteiger partial charge in [0.2, 0.25) is 0 Å². The lowest BCUT2D eigenvalue weighted by molar-refractivity contribution is -0.384. The predicted molar refractivity (Wildman–Crippen MR) is 109 cm³/mol. The van der Waals surface area contributed by atoms with Crippen LogP contribution in [0.5, 0.6) is 0 Å². The van der Waals surface area contributed by atoms with Gasteiger partial charge in [-0.25, -0.2) is 4.99 Å². The van der Waals surface area contributed by atoms with E-state index in [1.54, 1.807) is 12.1 Å². The van der Waals surface area contributed by atoms with Crippen molar-refractivity contribution >= 4 is 22.9 Å². The Balaban J connectivity index is 1.89. The fourth-order valence-electron chi connectivity index (χ4n) is 3.12. The van der Waals surface area contributed by atoms with E-state index in [2.05, 4.69) is 29.1 Å². The first-order chi connectivity index (χ1) is 13.1. The molecule has 2 aromatic carbocycles. The van der Waals surface area contributed by atoms with E-state index in [1.165, 1.54) is 6.07 Å². The van der Waals surface area contributed by atoms with E-state index in [1.807, 2.05) is 30.3 Å². The van der Waals surface area contributed by atoms with Gasteiger partial charge in [0.15, 0.2) is 0 Å². The third kappa shape index (κ3) is 4.69. The van der Waals surface area contributed by atoms with Gasteiger partial charge in [0.1, 0.15) is 5.84 Å². The monoisotopic (exact) mass is 367 g/mol. The van der Waals surface area contributed by atoms with Crippen molar-refractivity contribution in [3.8, 4) is 0 Å². The van der Waals surface area contributed by atoms with Crippen LogP contribution in [0.4, 0.5) is 17.1 Å². The second-order valence-electron chi connectivity index (χ2n) is 6.61. The minimum atomic E-state index is -0.360. The highest BCUT2D eigenvalue weighted by Gasteiger charge is 2.23. The highest BCUT2D eigenvalue weighted by molar-refractivity contribution is 6.02. The summed E-state index contributed by atoms with van der Waals surface area (Å²) in [5.41, 5.74) is 2.81. The Morgan fingerprint density at radius 2 is 2.04 bits per heavy atom. The molecule has 1 aliphatic rings. The van der Waals surface area contributed by atoms with Crippen molar-refractivity contribution in [1.29, 1.82) is 0 Å². The third-order valence-electron chi connectivity index (χ3n) is 4.56. The number of amidine groups is 1. The number of nitro benzene ring substituents is 1. The zero-order chi connectivity index (χ0) is 19.2.